The molecule has 7 heteroatoms. The van der Waals surface area contributed by atoms with Gasteiger partial charge < -0.3 is 14.5 Å². The van der Waals surface area contributed by atoms with Crippen molar-refractivity contribution in [2.24, 2.45) is 0 Å². The molecular formula is C22H25N3O3S. The van der Waals surface area contributed by atoms with E-state index in [-0.39, 0.29) is 24.5 Å². The average Bonchev–Trinajstić information content (AvgIpc) is 3.34. The molecule has 0 radical (unpaired) electrons. The van der Waals surface area contributed by atoms with E-state index in [0.717, 1.165) is 47.3 Å². The van der Waals surface area contributed by atoms with Crippen molar-refractivity contribution < 1.29 is 13.9 Å². The number of rotatable bonds is 6. The number of thiazole rings is 1. The number of para-hydroxylation sites is 1. The molecule has 0 bridgehead atoms. The number of morpholine rings is 1. The Bertz CT molecular complexity index is 944. The molecule has 1 fully saturated rings. The first-order valence-electron chi connectivity index (χ1n) is 9.80. The molecule has 1 aromatic carbocycles. The zero-order valence-corrected chi connectivity index (χ0v) is 17.4. The summed E-state index contributed by atoms with van der Waals surface area (Å²) in [5.74, 6) is 0.651. The van der Waals surface area contributed by atoms with Gasteiger partial charge in [0.15, 0.2) is 10.8 Å². The van der Waals surface area contributed by atoms with Crippen molar-refractivity contribution in [3.8, 4) is 10.8 Å². The molecule has 2 atom stereocenters. The largest absolute Gasteiger partial charge is 0.462 e. The van der Waals surface area contributed by atoms with E-state index in [1.165, 1.54) is 11.3 Å². The minimum Gasteiger partial charge on any atom is -0.462 e. The van der Waals surface area contributed by atoms with E-state index >= 15 is 0 Å². The summed E-state index contributed by atoms with van der Waals surface area (Å²) < 4.78 is 11.2. The molecule has 1 N–H and O–H groups in total. The fourth-order valence-corrected chi connectivity index (χ4v) is 4.48. The van der Waals surface area contributed by atoms with E-state index in [2.05, 4.69) is 35.1 Å². The summed E-state index contributed by atoms with van der Waals surface area (Å²) in [7, 11) is 0. The zero-order valence-electron chi connectivity index (χ0n) is 16.6. The molecule has 0 aliphatic carbocycles. The van der Waals surface area contributed by atoms with Crippen molar-refractivity contribution in [2.45, 2.75) is 39.0 Å². The van der Waals surface area contributed by atoms with Gasteiger partial charge in [-0.25, -0.2) is 4.98 Å². The van der Waals surface area contributed by atoms with Crippen molar-refractivity contribution in [2.75, 3.05) is 18.4 Å². The lowest BCUT2D eigenvalue weighted by Crippen LogP contribution is -2.44. The molecule has 29 heavy (non-hydrogen) atoms. The van der Waals surface area contributed by atoms with Crippen LogP contribution in [0, 0.1) is 0 Å². The van der Waals surface area contributed by atoms with Gasteiger partial charge in [0.2, 0.25) is 5.91 Å². The lowest BCUT2D eigenvalue weighted by atomic mass is 10.1. The molecule has 0 saturated carbocycles. The highest BCUT2D eigenvalue weighted by Gasteiger charge is 2.23. The minimum absolute atomic E-state index is 0.0718. The van der Waals surface area contributed by atoms with Crippen LogP contribution in [-0.4, -0.2) is 41.1 Å². The first-order chi connectivity index (χ1) is 14.1. The van der Waals surface area contributed by atoms with Crippen LogP contribution in [0.3, 0.4) is 0 Å². The molecule has 152 valence electrons. The average molecular weight is 412 g/mol. The Morgan fingerprint density at radius 1 is 1.21 bits per heavy atom. The van der Waals surface area contributed by atoms with Crippen LogP contribution >= 0.6 is 11.3 Å². The van der Waals surface area contributed by atoms with Crippen LogP contribution in [0.2, 0.25) is 0 Å². The summed E-state index contributed by atoms with van der Waals surface area (Å²) in [5, 5.41) is 5.75. The van der Waals surface area contributed by atoms with Crippen molar-refractivity contribution in [1.82, 2.24) is 9.88 Å². The second-order valence-corrected chi connectivity index (χ2v) is 8.31. The standard InChI is InChI=1S/C22H25N3O3S/c1-15-11-25(12-16(2)28-15)13-17-6-3-4-7-19(17)24-21(26)10-18-14-29-22(23-18)20-8-5-9-27-20/h3-9,14-16H,10-13H2,1-2H3,(H,24,26). The molecule has 1 amide bonds. The van der Waals surface area contributed by atoms with E-state index < -0.39 is 0 Å². The molecule has 4 rings (SSSR count). The maximum absolute atomic E-state index is 12.6. The van der Waals surface area contributed by atoms with Gasteiger partial charge in [-0.1, -0.05) is 18.2 Å². The molecule has 1 saturated heterocycles. The van der Waals surface area contributed by atoms with Gasteiger partial charge in [0.05, 0.1) is 30.6 Å². The Balaban J connectivity index is 1.40. The number of nitrogens with one attached hydrogen (secondary N) is 1. The number of hydrogen-bond donors (Lipinski definition) is 1. The number of anilines is 1. The summed E-state index contributed by atoms with van der Waals surface area (Å²) in [6.07, 6.45) is 2.29. The number of carbonyl (C=O) groups excluding carboxylic acids is 1. The third-order valence-electron chi connectivity index (χ3n) is 4.81. The predicted molar refractivity (Wildman–Crippen MR) is 114 cm³/mol. The smallest absolute Gasteiger partial charge is 0.230 e. The second-order valence-electron chi connectivity index (χ2n) is 7.45. The van der Waals surface area contributed by atoms with Crippen LogP contribution in [0.25, 0.3) is 10.8 Å². The number of ether oxygens (including phenoxy) is 1. The van der Waals surface area contributed by atoms with E-state index in [1.807, 2.05) is 35.7 Å². The zero-order chi connectivity index (χ0) is 20.2. The lowest BCUT2D eigenvalue weighted by molar-refractivity contribution is -0.115. The Hall–Kier alpha value is -2.48. The van der Waals surface area contributed by atoms with Gasteiger partial charge in [-0.2, -0.15) is 0 Å². The van der Waals surface area contributed by atoms with Crippen LogP contribution in [0.5, 0.6) is 0 Å². The minimum atomic E-state index is -0.0718. The molecule has 6 nitrogen and oxygen atoms in total. The Kier molecular flexibility index (Phi) is 6.08. The maximum Gasteiger partial charge on any atom is 0.230 e. The first kappa shape index (κ1) is 19.8. The topological polar surface area (TPSA) is 67.6 Å². The highest BCUT2D eigenvalue weighted by atomic mass is 32.1. The van der Waals surface area contributed by atoms with Crippen LogP contribution in [-0.2, 0) is 22.5 Å². The molecule has 3 heterocycles. The summed E-state index contributed by atoms with van der Waals surface area (Å²) >= 11 is 1.48. The fourth-order valence-electron chi connectivity index (χ4n) is 3.70. The number of aromatic nitrogens is 1. The van der Waals surface area contributed by atoms with E-state index in [0.29, 0.717) is 0 Å². The maximum atomic E-state index is 12.6. The van der Waals surface area contributed by atoms with Gasteiger partial charge in [-0.05, 0) is 37.6 Å². The van der Waals surface area contributed by atoms with Gasteiger partial charge in [0.25, 0.3) is 0 Å². The molecule has 1 aliphatic heterocycles. The van der Waals surface area contributed by atoms with E-state index in [1.54, 1.807) is 6.26 Å². The highest BCUT2D eigenvalue weighted by molar-refractivity contribution is 7.13. The number of nitrogens with zero attached hydrogens (tertiary/aromatic N) is 2. The quantitative estimate of drug-likeness (QED) is 0.659. The van der Waals surface area contributed by atoms with Crippen LogP contribution < -0.4 is 5.32 Å². The normalized spacial score (nSPS) is 19.9. The van der Waals surface area contributed by atoms with Gasteiger partial charge in [-0.3, -0.25) is 9.69 Å². The number of benzene rings is 1. The van der Waals surface area contributed by atoms with E-state index in [9.17, 15) is 4.79 Å². The SMILES string of the molecule is CC1CN(Cc2ccccc2NC(=O)Cc2csc(-c3ccco3)n2)CC(C)O1. The van der Waals surface area contributed by atoms with Crippen molar-refractivity contribution in [3.05, 3.63) is 59.3 Å². The predicted octanol–water partition coefficient (Wildman–Crippen LogP) is 4.19. The number of hydrogen-bond acceptors (Lipinski definition) is 6. The second kappa shape index (κ2) is 8.90. The van der Waals surface area contributed by atoms with Crippen molar-refractivity contribution in [3.63, 3.8) is 0 Å². The van der Waals surface area contributed by atoms with Gasteiger partial charge in [0, 0.05) is 30.7 Å². The summed E-state index contributed by atoms with van der Waals surface area (Å²) in [5.41, 5.74) is 2.70. The van der Waals surface area contributed by atoms with Gasteiger partial charge in [-0.15, -0.1) is 11.3 Å². The fraction of sp³-hybridized carbons (Fsp3) is 0.364. The van der Waals surface area contributed by atoms with Crippen molar-refractivity contribution >= 4 is 22.9 Å². The number of carbonyl (C=O) groups is 1. The summed E-state index contributed by atoms with van der Waals surface area (Å²) in [6, 6.07) is 11.7. The first-order valence-corrected chi connectivity index (χ1v) is 10.7. The number of furan rings is 1. The van der Waals surface area contributed by atoms with E-state index in [4.69, 9.17) is 9.15 Å². The van der Waals surface area contributed by atoms with Crippen LogP contribution in [0.4, 0.5) is 5.69 Å². The molecular weight excluding hydrogens is 386 g/mol. The third kappa shape index (κ3) is 5.12. The molecule has 2 aromatic heterocycles. The highest BCUT2D eigenvalue weighted by Crippen LogP contribution is 2.25. The molecule has 2 unspecified atom stereocenters. The van der Waals surface area contributed by atoms with Gasteiger partial charge in [0.1, 0.15) is 0 Å². The lowest BCUT2D eigenvalue weighted by Gasteiger charge is -2.35. The molecule has 1 aliphatic rings. The van der Waals surface area contributed by atoms with Gasteiger partial charge >= 0.3 is 0 Å². The Morgan fingerprint density at radius 3 is 2.76 bits per heavy atom. The molecule has 0 spiro atoms. The monoisotopic (exact) mass is 411 g/mol. The third-order valence-corrected chi connectivity index (χ3v) is 5.71. The van der Waals surface area contributed by atoms with Crippen LogP contribution in [0.15, 0.2) is 52.5 Å². The van der Waals surface area contributed by atoms with Crippen molar-refractivity contribution in [1.29, 1.82) is 0 Å². The summed E-state index contributed by atoms with van der Waals surface area (Å²) in [4.78, 5) is 19.5. The van der Waals surface area contributed by atoms with Crippen LogP contribution in [0.1, 0.15) is 25.1 Å². The Labute approximate surface area is 174 Å². The number of amides is 1. The Morgan fingerprint density at radius 2 is 2.00 bits per heavy atom. The summed E-state index contributed by atoms with van der Waals surface area (Å²) in [6.45, 7) is 6.76. The molecule has 3 aromatic rings.